The van der Waals surface area contributed by atoms with E-state index >= 15 is 0 Å². The number of aromatic amines is 1. The number of fused-ring (bicyclic) bond motifs is 1. The van der Waals surface area contributed by atoms with Gasteiger partial charge in [0.2, 0.25) is 11.9 Å². The number of halogens is 3. The summed E-state index contributed by atoms with van der Waals surface area (Å²) in [4.78, 5) is 27.1. The van der Waals surface area contributed by atoms with Crippen LogP contribution in [0.25, 0.3) is 22.3 Å². The number of amides is 1. The minimum absolute atomic E-state index is 0.00701. The van der Waals surface area contributed by atoms with Crippen LogP contribution in [0.3, 0.4) is 0 Å². The molecule has 4 N–H and O–H groups in total. The number of nitrogens with zero attached hydrogens (tertiary/aromatic N) is 4. The molecule has 12 heteroatoms. The standard InChI is InChI=1S/C19H18F3N7O2/c1-18(2,16(31)24-3-4-30)29-17-27-7-10(6-23)14(28-17)13-9-26-15-12(13)5-11(8-25-15)19(20,21)22/h5,7-9,30H,3-4H2,1-2H3,(H,24,31)(H,25,26)(H,27,28,29). The normalized spacial score (nSPS) is 11.9. The van der Waals surface area contributed by atoms with Crippen LogP contribution in [0, 0.1) is 11.3 Å². The SMILES string of the molecule is CC(C)(Nc1ncc(C#N)c(-c2c[nH]c3ncc(C(F)(F)F)cc23)n1)C(=O)NCCO. The molecule has 1 amide bonds. The molecule has 0 spiro atoms. The zero-order chi connectivity index (χ0) is 22.8. The van der Waals surface area contributed by atoms with Crippen molar-refractivity contribution in [3.8, 4) is 17.3 Å². The summed E-state index contributed by atoms with van der Waals surface area (Å²) in [5.41, 5.74) is -1.56. The third kappa shape index (κ3) is 4.56. The second-order valence-corrected chi connectivity index (χ2v) is 7.12. The summed E-state index contributed by atoms with van der Waals surface area (Å²) in [6, 6.07) is 2.85. The minimum Gasteiger partial charge on any atom is -0.395 e. The molecule has 3 aromatic heterocycles. The van der Waals surface area contributed by atoms with Gasteiger partial charge in [-0.15, -0.1) is 0 Å². The van der Waals surface area contributed by atoms with Crippen LogP contribution >= 0.6 is 0 Å². The molecule has 0 aliphatic carbocycles. The number of carbonyl (C=O) groups excluding carboxylic acids is 1. The van der Waals surface area contributed by atoms with Crippen LogP contribution in [0.1, 0.15) is 25.0 Å². The number of nitrogens with one attached hydrogen (secondary N) is 3. The smallest absolute Gasteiger partial charge is 0.395 e. The summed E-state index contributed by atoms with van der Waals surface area (Å²) in [7, 11) is 0. The molecule has 9 nitrogen and oxygen atoms in total. The molecule has 31 heavy (non-hydrogen) atoms. The highest BCUT2D eigenvalue weighted by atomic mass is 19.4. The number of anilines is 1. The fraction of sp³-hybridized carbons (Fsp3) is 0.316. The third-order valence-electron chi connectivity index (χ3n) is 4.41. The van der Waals surface area contributed by atoms with E-state index in [1.54, 1.807) is 13.8 Å². The lowest BCUT2D eigenvalue weighted by molar-refractivity contribution is -0.137. The Morgan fingerprint density at radius 2 is 2.03 bits per heavy atom. The zero-order valence-electron chi connectivity index (χ0n) is 16.5. The largest absolute Gasteiger partial charge is 0.417 e. The van der Waals surface area contributed by atoms with Gasteiger partial charge in [0, 0.05) is 29.9 Å². The number of carbonyl (C=O) groups is 1. The molecule has 0 saturated carbocycles. The molecule has 0 aliphatic rings. The topological polar surface area (TPSA) is 140 Å². The van der Waals surface area contributed by atoms with Crippen molar-refractivity contribution >= 4 is 22.9 Å². The number of hydrogen-bond acceptors (Lipinski definition) is 7. The van der Waals surface area contributed by atoms with Crippen LogP contribution in [0.2, 0.25) is 0 Å². The Balaban J connectivity index is 2.04. The molecule has 0 bridgehead atoms. The van der Waals surface area contributed by atoms with Crippen LogP contribution < -0.4 is 10.6 Å². The Morgan fingerprint density at radius 1 is 1.29 bits per heavy atom. The van der Waals surface area contributed by atoms with E-state index in [2.05, 4.69) is 30.6 Å². The highest BCUT2D eigenvalue weighted by Gasteiger charge is 2.32. The summed E-state index contributed by atoms with van der Waals surface area (Å²) in [6.45, 7) is 2.96. The second kappa shape index (κ2) is 8.19. The van der Waals surface area contributed by atoms with Crippen molar-refractivity contribution in [2.24, 2.45) is 0 Å². The van der Waals surface area contributed by atoms with Crippen molar-refractivity contribution < 1.29 is 23.1 Å². The molecule has 162 valence electrons. The number of alkyl halides is 3. The number of hydrogen-bond donors (Lipinski definition) is 4. The molecule has 3 rings (SSSR count). The Labute approximate surface area is 174 Å². The van der Waals surface area contributed by atoms with Crippen molar-refractivity contribution in [2.45, 2.75) is 25.6 Å². The molecule has 0 atom stereocenters. The number of nitriles is 1. The van der Waals surface area contributed by atoms with Gasteiger partial charge in [-0.05, 0) is 19.9 Å². The summed E-state index contributed by atoms with van der Waals surface area (Å²) in [5, 5.41) is 23.8. The molecule has 0 aliphatic heterocycles. The van der Waals surface area contributed by atoms with Crippen LogP contribution in [0.4, 0.5) is 19.1 Å². The Hall–Kier alpha value is -3.72. The summed E-state index contributed by atoms with van der Waals surface area (Å²) >= 11 is 0. The van der Waals surface area contributed by atoms with E-state index in [1.165, 1.54) is 12.4 Å². The lowest BCUT2D eigenvalue weighted by atomic mass is 10.0. The van der Waals surface area contributed by atoms with Crippen molar-refractivity contribution in [3.05, 3.63) is 35.8 Å². The Kier molecular flexibility index (Phi) is 5.81. The molecule has 0 aromatic carbocycles. The highest BCUT2D eigenvalue weighted by molar-refractivity contribution is 5.94. The van der Waals surface area contributed by atoms with Gasteiger partial charge in [-0.25, -0.2) is 15.0 Å². The van der Waals surface area contributed by atoms with Crippen molar-refractivity contribution in [2.75, 3.05) is 18.5 Å². The summed E-state index contributed by atoms with van der Waals surface area (Å²) in [5.74, 6) is -0.436. The molecular formula is C19H18F3N7O2. The van der Waals surface area contributed by atoms with Gasteiger partial charge >= 0.3 is 6.18 Å². The first-order valence-corrected chi connectivity index (χ1v) is 9.06. The van der Waals surface area contributed by atoms with E-state index in [0.717, 1.165) is 6.07 Å². The van der Waals surface area contributed by atoms with E-state index in [1.807, 2.05) is 6.07 Å². The van der Waals surface area contributed by atoms with E-state index in [9.17, 15) is 23.2 Å². The lowest BCUT2D eigenvalue weighted by Gasteiger charge is -2.25. The van der Waals surface area contributed by atoms with Crippen LogP contribution in [0.5, 0.6) is 0 Å². The van der Waals surface area contributed by atoms with Crippen molar-refractivity contribution in [1.82, 2.24) is 25.3 Å². The minimum atomic E-state index is -4.59. The Morgan fingerprint density at radius 3 is 2.68 bits per heavy atom. The summed E-state index contributed by atoms with van der Waals surface area (Å²) < 4.78 is 39.4. The van der Waals surface area contributed by atoms with E-state index < -0.39 is 23.2 Å². The van der Waals surface area contributed by atoms with Crippen LogP contribution in [-0.2, 0) is 11.0 Å². The van der Waals surface area contributed by atoms with Gasteiger partial charge in [0.05, 0.1) is 29.6 Å². The Bertz CT molecular complexity index is 1170. The van der Waals surface area contributed by atoms with Crippen LogP contribution in [0.15, 0.2) is 24.7 Å². The molecule has 0 saturated heterocycles. The van der Waals surface area contributed by atoms with Gasteiger partial charge < -0.3 is 20.7 Å². The van der Waals surface area contributed by atoms with Crippen LogP contribution in [-0.4, -0.2) is 49.6 Å². The van der Waals surface area contributed by atoms with Crippen molar-refractivity contribution in [3.63, 3.8) is 0 Å². The fourth-order valence-electron chi connectivity index (χ4n) is 2.81. The van der Waals surface area contributed by atoms with E-state index in [-0.39, 0.29) is 47.0 Å². The number of aliphatic hydroxyl groups excluding tert-OH is 1. The number of H-pyrrole nitrogens is 1. The number of aromatic nitrogens is 4. The van der Waals surface area contributed by atoms with Gasteiger partial charge in [-0.1, -0.05) is 0 Å². The second-order valence-electron chi connectivity index (χ2n) is 7.12. The monoisotopic (exact) mass is 433 g/mol. The van der Waals surface area contributed by atoms with Gasteiger partial charge in [0.15, 0.2) is 0 Å². The number of aliphatic hydroxyl groups is 1. The molecule has 3 heterocycles. The van der Waals surface area contributed by atoms with E-state index in [4.69, 9.17) is 5.11 Å². The van der Waals surface area contributed by atoms with E-state index in [0.29, 0.717) is 6.20 Å². The molecule has 0 fully saturated rings. The molecule has 0 unspecified atom stereocenters. The van der Waals surface area contributed by atoms with Gasteiger partial charge in [-0.3, -0.25) is 4.79 Å². The first-order chi connectivity index (χ1) is 14.6. The third-order valence-corrected chi connectivity index (χ3v) is 4.41. The fourth-order valence-corrected chi connectivity index (χ4v) is 2.81. The summed E-state index contributed by atoms with van der Waals surface area (Å²) in [6.07, 6.45) is -1.25. The average molecular weight is 433 g/mol. The average Bonchev–Trinajstić information content (AvgIpc) is 3.14. The lowest BCUT2D eigenvalue weighted by Crippen LogP contribution is -2.49. The zero-order valence-corrected chi connectivity index (χ0v) is 16.5. The molecule has 0 radical (unpaired) electrons. The predicted octanol–water partition coefficient (Wildman–Crippen LogP) is 2.21. The van der Waals surface area contributed by atoms with Gasteiger partial charge in [-0.2, -0.15) is 18.4 Å². The predicted molar refractivity (Wildman–Crippen MR) is 105 cm³/mol. The van der Waals surface area contributed by atoms with Gasteiger partial charge in [0.25, 0.3) is 0 Å². The number of rotatable bonds is 6. The first kappa shape index (κ1) is 22.0. The van der Waals surface area contributed by atoms with Crippen molar-refractivity contribution in [1.29, 1.82) is 5.26 Å². The maximum atomic E-state index is 13.1. The maximum Gasteiger partial charge on any atom is 0.417 e. The molecular weight excluding hydrogens is 415 g/mol. The van der Waals surface area contributed by atoms with Gasteiger partial charge in [0.1, 0.15) is 17.3 Å². The first-order valence-electron chi connectivity index (χ1n) is 9.06. The highest BCUT2D eigenvalue weighted by Crippen LogP contribution is 2.34. The quantitative estimate of drug-likeness (QED) is 0.467. The molecule has 3 aromatic rings. The maximum absolute atomic E-state index is 13.1. The number of pyridine rings is 1.